The van der Waals surface area contributed by atoms with Crippen LogP contribution in [0.25, 0.3) is 0 Å². The zero-order valence-corrected chi connectivity index (χ0v) is 17.2. The lowest BCUT2D eigenvalue weighted by Gasteiger charge is -2.31. The van der Waals surface area contributed by atoms with Crippen LogP contribution in [0.1, 0.15) is 31.0 Å². The van der Waals surface area contributed by atoms with Gasteiger partial charge in [0.15, 0.2) is 0 Å². The molecule has 6 nitrogen and oxygen atoms in total. The number of carbonyl (C=O) groups is 2. The number of halogens is 1. The number of rotatable bonds is 6. The van der Waals surface area contributed by atoms with Crippen molar-refractivity contribution in [2.75, 3.05) is 7.11 Å². The fraction of sp³-hybridized carbons (Fsp3) is 0.273. The van der Waals surface area contributed by atoms with Crippen molar-refractivity contribution in [1.82, 2.24) is 10.6 Å². The van der Waals surface area contributed by atoms with E-state index in [1.807, 2.05) is 50.2 Å². The number of amides is 2. The zero-order chi connectivity index (χ0) is 21.0. The van der Waals surface area contributed by atoms with Crippen LogP contribution in [0.4, 0.5) is 4.79 Å². The van der Waals surface area contributed by atoms with E-state index in [0.29, 0.717) is 27.6 Å². The van der Waals surface area contributed by atoms with E-state index in [1.54, 1.807) is 12.1 Å². The van der Waals surface area contributed by atoms with Gasteiger partial charge in [-0.2, -0.15) is 0 Å². The van der Waals surface area contributed by atoms with Crippen molar-refractivity contribution in [3.05, 3.63) is 76.0 Å². The van der Waals surface area contributed by atoms with Gasteiger partial charge in [-0.25, -0.2) is 9.59 Å². The van der Waals surface area contributed by atoms with E-state index in [0.717, 1.165) is 5.56 Å². The van der Waals surface area contributed by atoms with E-state index in [-0.39, 0.29) is 18.6 Å². The highest BCUT2D eigenvalue weighted by Gasteiger charge is 2.35. The van der Waals surface area contributed by atoms with Gasteiger partial charge < -0.3 is 20.1 Å². The Bertz CT molecular complexity index is 955. The second-order valence-corrected chi connectivity index (χ2v) is 7.33. The predicted molar refractivity (Wildman–Crippen MR) is 111 cm³/mol. The van der Waals surface area contributed by atoms with Crippen molar-refractivity contribution < 1.29 is 19.1 Å². The lowest BCUT2D eigenvalue weighted by atomic mass is 9.91. The molecule has 152 valence electrons. The number of hydrogen-bond donors (Lipinski definition) is 2. The predicted octanol–water partition coefficient (Wildman–Crippen LogP) is 4.36. The smallest absolute Gasteiger partial charge is 0.337 e. The van der Waals surface area contributed by atoms with Crippen LogP contribution >= 0.6 is 11.6 Å². The average Bonchev–Trinajstić information content (AvgIpc) is 2.72. The Balaban J connectivity index is 2.00. The number of methoxy groups -OCH3 is 1. The summed E-state index contributed by atoms with van der Waals surface area (Å²) < 4.78 is 11.0. The summed E-state index contributed by atoms with van der Waals surface area (Å²) in [7, 11) is 1.32. The van der Waals surface area contributed by atoms with Gasteiger partial charge in [0.05, 0.1) is 18.7 Å². The molecule has 29 heavy (non-hydrogen) atoms. The highest BCUT2D eigenvalue weighted by Crippen LogP contribution is 2.35. The van der Waals surface area contributed by atoms with Crippen molar-refractivity contribution >= 4 is 23.6 Å². The maximum atomic E-state index is 12.6. The van der Waals surface area contributed by atoms with Gasteiger partial charge in [-0.15, -0.1) is 0 Å². The summed E-state index contributed by atoms with van der Waals surface area (Å²) in [6, 6.07) is 13.6. The number of carbonyl (C=O) groups excluding carboxylic acids is 2. The third-order valence-electron chi connectivity index (χ3n) is 4.66. The maximum Gasteiger partial charge on any atom is 0.337 e. The Hall–Kier alpha value is -2.99. The molecule has 0 aliphatic carbocycles. The Morgan fingerprint density at radius 1 is 1.14 bits per heavy atom. The molecule has 0 aromatic heterocycles. The van der Waals surface area contributed by atoms with Crippen molar-refractivity contribution in [1.29, 1.82) is 0 Å². The van der Waals surface area contributed by atoms with Crippen LogP contribution < -0.4 is 15.4 Å². The van der Waals surface area contributed by atoms with Crippen molar-refractivity contribution in [2.24, 2.45) is 5.92 Å². The molecule has 0 fully saturated rings. The summed E-state index contributed by atoms with van der Waals surface area (Å²) in [6.45, 7) is 4.06. The van der Waals surface area contributed by atoms with E-state index in [2.05, 4.69) is 10.6 Å². The second-order valence-electron chi connectivity index (χ2n) is 6.92. The Kier molecular flexibility index (Phi) is 6.44. The number of urea groups is 1. The molecule has 1 unspecified atom stereocenters. The lowest BCUT2D eigenvalue weighted by Crippen LogP contribution is -2.47. The largest absolute Gasteiger partial charge is 0.488 e. The lowest BCUT2D eigenvalue weighted by molar-refractivity contribution is -0.136. The van der Waals surface area contributed by atoms with E-state index in [4.69, 9.17) is 21.1 Å². The number of benzene rings is 2. The second kappa shape index (κ2) is 9.01. The topological polar surface area (TPSA) is 76.7 Å². The van der Waals surface area contributed by atoms with Gasteiger partial charge in [-0.1, -0.05) is 61.8 Å². The Morgan fingerprint density at radius 3 is 2.52 bits per heavy atom. The van der Waals surface area contributed by atoms with Crippen molar-refractivity contribution in [2.45, 2.75) is 26.5 Å². The average molecular weight is 415 g/mol. The molecule has 0 spiro atoms. The first-order valence-corrected chi connectivity index (χ1v) is 9.65. The standard InChI is InChI=1S/C22H23ClN2O4/c1-13(2)19-18(21(26)28-3)20(25-22(27)24-19)15-9-5-7-11-17(15)29-12-14-8-4-6-10-16(14)23/h4-11,13,20H,12H2,1-3H3,(H2,24,25,27). The van der Waals surface area contributed by atoms with E-state index >= 15 is 0 Å². The van der Waals surface area contributed by atoms with E-state index in [1.165, 1.54) is 7.11 Å². The first-order chi connectivity index (χ1) is 13.9. The molecule has 3 rings (SSSR count). The first kappa shape index (κ1) is 20.7. The summed E-state index contributed by atoms with van der Waals surface area (Å²) in [5.74, 6) is -0.0370. The van der Waals surface area contributed by atoms with Crippen LogP contribution in [0, 0.1) is 5.92 Å². The third-order valence-corrected chi connectivity index (χ3v) is 5.02. The Morgan fingerprint density at radius 2 is 1.83 bits per heavy atom. The van der Waals surface area contributed by atoms with Gasteiger partial charge in [0.1, 0.15) is 12.4 Å². The monoisotopic (exact) mass is 414 g/mol. The van der Waals surface area contributed by atoms with Gasteiger partial charge in [-0.05, 0) is 18.1 Å². The summed E-state index contributed by atoms with van der Waals surface area (Å²) >= 11 is 6.22. The van der Waals surface area contributed by atoms with Gasteiger partial charge in [0.2, 0.25) is 0 Å². The molecule has 1 atom stereocenters. The summed E-state index contributed by atoms with van der Waals surface area (Å²) in [5.41, 5.74) is 2.39. The molecule has 0 saturated carbocycles. The van der Waals surface area contributed by atoms with E-state index < -0.39 is 12.0 Å². The highest BCUT2D eigenvalue weighted by atomic mass is 35.5. The molecule has 0 bridgehead atoms. The molecule has 1 heterocycles. The minimum atomic E-state index is -0.698. The maximum absolute atomic E-state index is 12.6. The van der Waals surface area contributed by atoms with Crippen LogP contribution in [0.2, 0.25) is 5.02 Å². The zero-order valence-electron chi connectivity index (χ0n) is 16.5. The molecular formula is C22H23ClN2O4. The number of allylic oxidation sites excluding steroid dienone is 1. The summed E-state index contributed by atoms with van der Waals surface area (Å²) in [5, 5.41) is 6.16. The van der Waals surface area contributed by atoms with Crippen LogP contribution in [0.15, 0.2) is 59.8 Å². The molecule has 2 aromatic rings. The van der Waals surface area contributed by atoms with Crippen molar-refractivity contribution in [3.63, 3.8) is 0 Å². The SMILES string of the molecule is COC(=O)C1=C(C(C)C)NC(=O)NC1c1ccccc1OCc1ccccc1Cl. The first-order valence-electron chi connectivity index (χ1n) is 9.27. The number of nitrogens with one attached hydrogen (secondary N) is 2. The van der Waals surface area contributed by atoms with Gasteiger partial charge in [-0.3, -0.25) is 0 Å². The highest BCUT2D eigenvalue weighted by molar-refractivity contribution is 6.31. The van der Waals surface area contributed by atoms with Crippen LogP contribution in [-0.4, -0.2) is 19.1 Å². The van der Waals surface area contributed by atoms with Crippen LogP contribution in [-0.2, 0) is 16.1 Å². The minimum Gasteiger partial charge on any atom is -0.488 e. The number of hydrogen-bond acceptors (Lipinski definition) is 4. The van der Waals surface area contributed by atoms with Crippen LogP contribution in [0.3, 0.4) is 0 Å². The summed E-state index contributed by atoms with van der Waals surface area (Å²) in [4.78, 5) is 24.9. The molecule has 2 aromatic carbocycles. The molecule has 0 radical (unpaired) electrons. The summed E-state index contributed by atoms with van der Waals surface area (Å²) in [6.07, 6.45) is 0. The normalized spacial score (nSPS) is 16.3. The van der Waals surface area contributed by atoms with Gasteiger partial charge in [0, 0.05) is 21.8 Å². The third kappa shape index (κ3) is 4.54. The molecular weight excluding hydrogens is 392 g/mol. The van der Waals surface area contributed by atoms with Crippen molar-refractivity contribution in [3.8, 4) is 5.75 Å². The fourth-order valence-electron chi connectivity index (χ4n) is 3.23. The molecule has 2 N–H and O–H groups in total. The van der Waals surface area contributed by atoms with Crippen LogP contribution in [0.5, 0.6) is 5.75 Å². The Labute approximate surface area is 174 Å². The molecule has 1 aliphatic heterocycles. The molecule has 2 amide bonds. The van der Waals surface area contributed by atoms with Gasteiger partial charge in [0.25, 0.3) is 0 Å². The fourth-order valence-corrected chi connectivity index (χ4v) is 3.42. The van der Waals surface area contributed by atoms with E-state index in [9.17, 15) is 9.59 Å². The molecule has 0 saturated heterocycles. The quantitative estimate of drug-likeness (QED) is 0.689. The minimum absolute atomic E-state index is 0.0751. The number of para-hydroxylation sites is 1. The number of ether oxygens (including phenoxy) is 2. The van der Waals surface area contributed by atoms with Gasteiger partial charge >= 0.3 is 12.0 Å². The number of esters is 1. The molecule has 1 aliphatic rings. The molecule has 7 heteroatoms.